The van der Waals surface area contributed by atoms with Gasteiger partial charge in [-0.05, 0) is 31.4 Å². The molecule has 1 aliphatic rings. The zero-order chi connectivity index (χ0) is 14.4. The van der Waals surface area contributed by atoms with Gasteiger partial charge in [0.05, 0.1) is 5.75 Å². The summed E-state index contributed by atoms with van der Waals surface area (Å²) in [6, 6.07) is 10.3. The molecule has 0 radical (unpaired) electrons. The monoisotopic (exact) mass is 296 g/mol. The number of rotatable bonds is 6. The fraction of sp³-hybridized carbons (Fsp3) is 0.600. The van der Waals surface area contributed by atoms with Crippen LogP contribution in [0.4, 0.5) is 0 Å². The van der Waals surface area contributed by atoms with Crippen molar-refractivity contribution in [1.82, 2.24) is 9.62 Å². The highest BCUT2D eigenvalue weighted by Gasteiger charge is 2.27. The molecule has 0 atom stereocenters. The van der Waals surface area contributed by atoms with Crippen LogP contribution in [0.25, 0.3) is 0 Å². The Morgan fingerprint density at radius 3 is 2.45 bits per heavy atom. The van der Waals surface area contributed by atoms with E-state index < -0.39 is 10.0 Å². The molecule has 1 aromatic rings. The van der Waals surface area contributed by atoms with E-state index >= 15 is 0 Å². The predicted molar refractivity (Wildman–Crippen MR) is 82.2 cm³/mol. The van der Waals surface area contributed by atoms with Crippen LogP contribution in [0, 0.1) is 0 Å². The summed E-state index contributed by atoms with van der Waals surface area (Å²) in [4.78, 5) is 0. The van der Waals surface area contributed by atoms with Gasteiger partial charge in [0.25, 0.3) is 0 Å². The lowest BCUT2D eigenvalue weighted by molar-refractivity contribution is 0.292. The van der Waals surface area contributed by atoms with Crippen LogP contribution in [-0.2, 0) is 16.4 Å². The van der Waals surface area contributed by atoms with E-state index in [1.807, 2.05) is 30.3 Å². The molecule has 0 saturated carbocycles. The second-order valence-electron chi connectivity index (χ2n) is 5.28. The number of piperidine rings is 1. The molecule has 2 rings (SSSR count). The molecule has 0 amide bonds. The Kier molecular flexibility index (Phi) is 5.57. The standard InChI is InChI=1S/C15H24N2O2S/c1-2-16-15-8-11-17(12-9-15)20(18,19)13-10-14-6-4-3-5-7-14/h3-7,15-16H,2,8-13H2,1H3. The minimum Gasteiger partial charge on any atom is -0.314 e. The maximum absolute atomic E-state index is 12.3. The van der Waals surface area contributed by atoms with Crippen LogP contribution in [0.15, 0.2) is 30.3 Å². The van der Waals surface area contributed by atoms with Crippen LogP contribution < -0.4 is 5.32 Å². The summed E-state index contributed by atoms with van der Waals surface area (Å²) in [5.74, 6) is 0.211. The number of nitrogens with zero attached hydrogens (tertiary/aromatic N) is 1. The van der Waals surface area contributed by atoms with Crippen molar-refractivity contribution < 1.29 is 8.42 Å². The Morgan fingerprint density at radius 2 is 1.85 bits per heavy atom. The third-order valence-electron chi connectivity index (χ3n) is 3.83. The van der Waals surface area contributed by atoms with E-state index in [4.69, 9.17) is 0 Å². The molecule has 1 aliphatic heterocycles. The van der Waals surface area contributed by atoms with Crippen molar-refractivity contribution >= 4 is 10.0 Å². The Hall–Kier alpha value is -0.910. The Balaban J connectivity index is 1.85. The third-order valence-corrected chi connectivity index (χ3v) is 5.70. The smallest absolute Gasteiger partial charge is 0.214 e. The van der Waals surface area contributed by atoms with E-state index in [1.54, 1.807) is 4.31 Å². The third kappa shape index (κ3) is 4.30. The molecule has 20 heavy (non-hydrogen) atoms. The number of hydrogen-bond acceptors (Lipinski definition) is 3. The molecular weight excluding hydrogens is 272 g/mol. The van der Waals surface area contributed by atoms with Gasteiger partial charge in [0, 0.05) is 19.1 Å². The van der Waals surface area contributed by atoms with Crippen molar-refractivity contribution in [3.63, 3.8) is 0 Å². The SMILES string of the molecule is CCNC1CCN(S(=O)(=O)CCc2ccccc2)CC1. The number of aryl methyl sites for hydroxylation is 1. The van der Waals surface area contributed by atoms with E-state index in [1.165, 1.54) is 0 Å². The van der Waals surface area contributed by atoms with E-state index in [-0.39, 0.29) is 5.75 Å². The van der Waals surface area contributed by atoms with E-state index in [0.717, 1.165) is 24.9 Å². The second-order valence-corrected chi connectivity index (χ2v) is 7.37. The van der Waals surface area contributed by atoms with Gasteiger partial charge in [-0.3, -0.25) is 0 Å². The lowest BCUT2D eigenvalue weighted by Crippen LogP contribution is -2.45. The maximum Gasteiger partial charge on any atom is 0.214 e. The van der Waals surface area contributed by atoms with Gasteiger partial charge in [-0.25, -0.2) is 12.7 Å². The van der Waals surface area contributed by atoms with Crippen LogP contribution in [0.5, 0.6) is 0 Å². The van der Waals surface area contributed by atoms with Crippen LogP contribution >= 0.6 is 0 Å². The van der Waals surface area contributed by atoms with Gasteiger partial charge in [0.15, 0.2) is 0 Å². The number of sulfonamides is 1. The van der Waals surface area contributed by atoms with E-state index in [0.29, 0.717) is 25.6 Å². The number of nitrogens with one attached hydrogen (secondary N) is 1. The largest absolute Gasteiger partial charge is 0.314 e. The van der Waals surface area contributed by atoms with Crippen molar-refractivity contribution in [2.24, 2.45) is 0 Å². The van der Waals surface area contributed by atoms with Crippen molar-refractivity contribution in [2.75, 3.05) is 25.4 Å². The average Bonchev–Trinajstić information content (AvgIpc) is 2.47. The van der Waals surface area contributed by atoms with Crippen LogP contribution in [-0.4, -0.2) is 44.2 Å². The van der Waals surface area contributed by atoms with Crippen molar-refractivity contribution in [3.05, 3.63) is 35.9 Å². The minimum absolute atomic E-state index is 0.211. The minimum atomic E-state index is -3.11. The van der Waals surface area contributed by atoms with Gasteiger partial charge >= 0.3 is 0 Å². The highest BCUT2D eigenvalue weighted by Crippen LogP contribution is 2.15. The number of hydrogen-bond donors (Lipinski definition) is 1. The zero-order valence-corrected chi connectivity index (χ0v) is 12.9. The quantitative estimate of drug-likeness (QED) is 0.868. The molecule has 0 spiro atoms. The lowest BCUT2D eigenvalue weighted by Gasteiger charge is -2.31. The maximum atomic E-state index is 12.3. The molecule has 1 fully saturated rings. The first-order valence-corrected chi connectivity index (χ1v) is 8.98. The fourth-order valence-electron chi connectivity index (χ4n) is 2.65. The molecule has 0 aromatic heterocycles. The van der Waals surface area contributed by atoms with Crippen molar-refractivity contribution in [1.29, 1.82) is 0 Å². The molecule has 1 saturated heterocycles. The molecular formula is C15H24N2O2S. The van der Waals surface area contributed by atoms with E-state index in [2.05, 4.69) is 12.2 Å². The second kappa shape index (κ2) is 7.20. The molecule has 1 heterocycles. The normalized spacial score (nSPS) is 18.2. The summed E-state index contributed by atoms with van der Waals surface area (Å²) >= 11 is 0. The molecule has 1 N–H and O–H groups in total. The predicted octanol–water partition coefficient (Wildman–Crippen LogP) is 1.63. The summed E-state index contributed by atoms with van der Waals surface area (Å²) < 4.78 is 26.3. The Morgan fingerprint density at radius 1 is 1.20 bits per heavy atom. The fourth-order valence-corrected chi connectivity index (χ4v) is 4.17. The van der Waals surface area contributed by atoms with E-state index in [9.17, 15) is 8.42 Å². The Labute approximate surface area is 122 Å². The highest BCUT2D eigenvalue weighted by atomic mass is 32.2. The molecule has 112 valence electrons. The Bertz CT molecular complexity index is 494. The van der Waals surface area contributed by atoms with Gasteiger partial charge in [0.2, 0.25) is 10.0 Å². The molecule has 0 unspecified atom stereocenters. The summed E-state index contributed by atoms with van der Waals surface area (Å²) in [5.41, 5.74) is 1.08. The molecule has 0 aliphatic carbocycles. The van der Waals surface area contributed by atoms with Gasteiger partial charge in [-0.2, -0.15) is 0 Å². The average molecular weight is 296 g/mol. The van der Waals surface area contributed by atoms with Crippen molar-refractivity contribution in [2.45, 2.75) is 32.2 Å². The van der Waals surface area contributed by atoms with Crippen LogP contribution in [0.1, 0.15) is 25.3 Å². The first-order chi connectivity index (χ1) is 9.62. The lowest BCUT2D eigenvalue weighted by atomic mass is 10.1. The zero-order valence-electron chi connectivity index (χ0n) is 12.1. The van der Waals surface area contributed by atoms with Gasteiger partial charge < -0.3 is 5.32 Å². The van der Waals surface area contributed by atoms with Crippen LogP contribution in [0.2, 0.25) is 0 Å². The topological polar surface area (TPSA) is 49.4 Å². The van der Waals surface area contributed by atoms with Gasteiger partial charge in [-0.15, -0.1) is 0 Å². The first kappa shape index (κ1) is 15.5. The molecule has 4 nitrogen and oxygen atoms in total. The van der Waals surface area contributed by atoms with Crippen molar-refractivity contribution in [3.8, 4) is 0 Å². The summed E-state index contributed by atoms with van der Waals surface area (Å²) in [6.45, 7) is 4.33. The summed E-state index contributed by atoms with van der Waals surface area (Å²) in [6.07, 6.45) is 2.42. The van der Waals surface area contributed by atoms with Crippen LogP contribution in [0.3, 0.4) is 0 Å². The van der Waals surface area contributed by atoms with Gasteiger partial charge in [0.1, 0.15) is 0 Å². The molecule has 1 aromatic carbocycles. The summed E-state index contributed by atoms with van der Waals surface area (Å²) in [5, 5.41) is 3.39. The highest BCUT2D eigenvalue weighted by molar-refractivity contribution is 7.89. The van der Waals surface area contributed by atoms with Gasteiger partial charge in [-0.1, -0.05) is 37.3 Å². The number of benzene rings is 1. The molecule has 0 bridgehead atoms. The first-order valence-electron chi connectivity index (χ1n) is 7.37. The molecule has 5 heteroatoms. The summed E-state index contributed by atoms with van der Waals surface area (Å²) in [7, 11) is -3.11.